The minimum absolute atomic E-state index is 0.250. The highest BCUT2D eigenvalue weighted by molar-refractivity contribution is 5.40. The summed E-state index contributed by atoms with van der Waals surface area (Å²) >= 11 is 0. The SMILES string of the molecule is CN(C)c1nccc(NCc2cc(C(F)F)on2)n1. The molecule has 0 aliphatic carbocycles. The van der Waals surface area contributed by atoms with E-state index >= 15 is 0 Å². The van der Waals surface area contributed by atoms with Crippen LogP contribution in [0.2, 0.25) is 0 Å². The maximum Gasteiger partial charge on any atom is 0.298 e. The Bertz CT molecular complexity index is 543. The van der Waals surface area contributed by atoms with Gasteiger partial charge in [0.15, 0.2) is 0 Å². The van der Waals surface area contributed by atoms with Gasteiger partial charge in [0.25, 0.3) is 6.43 Å². The molecule has 0 radical (unpaired) electrons. The van der Waals surface area contributed by atoms with Gasteiger partial charge in [-0.25, -0.2) is 13.8 Å². The Hall–Kier alpha value is -2.25. The van der Waals surface area contributed by atoms with Crippen LogP contribution >= 0.6 is 0 Å². The molecular weight excluding hydrogens is 256 g/mol. The van der Waals surface area contributed by atoms with Crippen molar-refractivity contribution in [2.24, 2.45) is 0 Å². The summed E-state index contributed by atoms with van der Waals surface area (Å²) in [5, 5.41) is 6.50. The van der Waals surface area contributed by atoms with Crippen LogP contribution in [0.15, 0.2) is 22.9 Å². The third-order valence-electron chi connectivity index (χ3n) is 2.29. The third-order valence-corrected chi connectivity index (χ3v) is 2.29. The molecule has 0 bridgehead atoms. The van der Waals surface area contributed by atoms with Crippen molar-refractivity contribution in [1.82, 2.24) is 15.1 Å². The van der Waals surface area contributed by atoms with Gasteiger partial charge in [-0.15, -0.1) is 0 Å². The lowest BCUT2D eigenvalue weighted by Crippen LogP contribution is -2.13. The first kappa shape index (κ1) is 13.2. The minimum Gasteiger partial charge on any atom is -0.364 e. The molecule has 2 aromatic heterocycles. The van der Waals surface area contributed by atoms with E-state index < -0.39 is 12.2 Å². The molecule has 0 atom stereocenters. The largest absolute Gasteiger partial charge is 0.364 e. The predicted molar refractivity (Wildman–Crippen MR) is 65.1 cm³/mol. The lowest BCUT2D eigenvalue weighted by molar-refractivity contribution is 0.112. The van der Waals surface area contributed by atoms with Crippen LogP contribution < -0.4 is 10.2 Å². The van der Waals surface area contributed by atoms with Crippen molar-refractivity contribution in [3.63, 3.8) is 0 Å². The van der Waals surface area contributed by atoms with Crippen LogP contribution in [0.1, 0.15) is 17.9 Å². The number of alkyl halides is 2. The van der Waals surface area contributed by atoms with Crippen molar-refractivity contribution in [2.75, 3.05) is 24.3 Å². The molecule has 0 aliphatic rings. The molecule has 0 aliphatic heterocycles. The predicted octanol–water partition coefficient (Wildman–Crippen LogP) is 2.08. The van der Waals surface area contributed by atoms with Crippen LogP contribution in [0.3, 0.4) is 0 Å². The van der Waals surface area contributed by atoms with Gasteiger partial charge < -0.3 is 14.7 Å². The molecule has 1 N–H and O–H groups in total. The number of hydrogen-bond acceptors (Lipinski definition) is 6. The summed E-state index contributed by atoms with van der Waals surface area (Å²) < 4.78 is 29.1. The first-order chi connectivity index (χ1) is 9.06. The number of halogens is 2. The Balaban J connectivity index is 1.99. The summed E-state index contributed by atoms with van der Waals surface area (Å²) in [6, 6.07) is 2.90. The summed E-state index contributed by atoms with van der Waals surface area (Å²) in [5.74, 6) is 0.701. The van der Waals surface area contributed by atoms with E-state index in [9.17, 15) is 8.78 Å². The Morgan fingerprint density at radius 3 is 2.84 bits per heavy atom. The molecule has 102 valence electrons. The summed E-state index contributed by atoms with van der Waals surface area (Å²) in [5.41, 5.74) is 0.389. The Labute approximate surface area is 108 Å². The van der Waals surface area contributed by atoms with Gasteiger partial charge in [-0.05, 0) is 6.07 Å². The molecule has 2 aromatic rings. The van der Waals surface area contributed by atoms with Crippen LogP contribution in [-0.4, -0.2) is 29.2 Å². The molecule has 0 fully saturated rings. The lowest BCUT2D eigenvalue weighted by atomic mass is 10.3. The molecule has 0 aromatic carbocycles. The maximum absolute atomic E-state index is 12.3. The first-order valence-corrected chi connectivity index (χ1v) is 5.54. The van der Waals surface area contributed by atoms with Crippen molar-refractivity contribution in [3.05, 3.63) is 29.8 Å². The average molecular weight is 269 g/mol. The number of nitrogens with zero attached hydrogens (tertiary/aromatic N) is 4. The van der Waals surface area contributed by atoms with Gasteiger partial charge in [0.1, 0.15) is 11.5 Å². The van der Waals surface area contributed by atoms with Crippen molar-refractivity contribution in [2.45, 2.75) is 13.0 Å². The van der Waals surface area contributed by atoms with Gasteiger partial charge in [0.2, 0.25) is 11.7 Å². The molecule has 0 spiro atoms. The number of hydrogen-bond donors (Lipinski definition) is 1. The average Bonchev–Trinajstić information content (AvgIpc) is 2.85. The van der Waals surface area contributed by atoms with Gasteiger partial charge >= 0.3 is 0 Å². The summed E-state index contributed by atoms with van der Waals surface area (Å²) in [4.78, 5) is 10.0. The molecular formula is C11H13F2N5O. The van der Waals surface area contributed by atoms with Crippen molar-refractivity contribution in [1.29, 1.82) is 0 Å². The minimum atomic E-state index is -2.65. The highest BCUT2D eigenvalue weighted by Crippen LogP contribution is 2.19. The van der Waals surface area contributed by atoms with Crippen molar-refractivity contribution >= 4 is 11.8 Å². The number of nitrogens with one attached hydrogen (secondary N) is 1. The molecule has 0 unspecified atom stereocenters. The van der Waals surface area contributed by atoms with Gasteiger partial charge in [0.05, 0.1) is 6.54 Å². The van der Waals surface area contributed by atoms with Gasteiger partial charge in [-0.2, -0.15) is 4.98 Å². The quantitative estimate of drug-likeness (QED) is 0.896. The number of rotatable bonds is 5. The van der Waals surface area contributed by atoms with Crippen LogP contribution in [0, 0.1) is 0 Å². The smallest absolute Gasteiger partial charge is 0.298 e. The molecule has 19 heavy (non-hydrogen) atoms. The van der Waals surface area contributed by atoms with Gasteiger partial charge in [-0.3, -0.25) is 0 Å². The van der Waals surface area contributed by atoms with E-state index in [1.807, 2.05) is 14.1 Å². The lowest BCUT2D eigenvalue weighted by Gasteiger charge is -2.11. The Kier molecular flexibility index (Phi) is 3.88. The van der Waals surface area contributed by atoms with E-state index in [0.717, 1.165) is 0 Å². The van der Waals surface area contributed by atoms with E-state index in [1.54, 1.807) is 17.2 Å². The normalized spacial score (nSPS) is 10.8. The zero-order chi connectivity index (χ0) is 13.8. The topological polar surface area (TPSA) is 67.1 Å². The summed E-state index contributed by atoms with van der Waals surface area (Å²) in [7, 11) is 3.65. The van der Waals surface area contributed by atoms with E-state index in [1.165, 1.54) is 6.07 Å². The van der Waals surface area contributed by atoms with Crippen molar-refractivity contribution < 1.29 is 13.3 Å². The fourth-order valence-corrected chi connectivity index (χ4v) is 1.36. The summed E-state index contributed by atoms with van der Waals surface area (Å²) in [6.45, 7) is 0.250. The Morgan fingerprint density at radius 2 is 2.21 bits per heavy atom. The second-order valence-electron chi connectivity index (χ2n) is 4.01. The van der Waals surface area contributed by atoms with E-state index in [2.05, 4.69) is 25.0 Å². The molecule has 0 saturated carbocycles. The highest BCUT2D eigenvalue weighted by atomic mass is 19.3. The molecule has 0 saturated heterocycles. The monoisotopic (exact) mass is 269 g/mol. The van der Waals surface area contributed by atoms with Crippen molar-refractivity contribution in [3.8, 4) is 0 Å². The van der Waals surface area contributed by atoms with Gasteiger partial charge in [0, 0.05) is 26.4 Å². The standard InChI is InChI=1S/C11H13F2N5O/c1-18(2)11-14-4-3-9(16-11)15-6-7-5-8(10(12)13)19-17-7/h3-5,10H,6H2,1-2H3,(H,14,15,16). The second kappa shape index (κ2) is 5.59. The molecule has 2 heterocycles. The second-order valence-corrected chi connectivity index (χ2v) is 4.01. The molecule has 6 nitrogen and oxygen atoms in total. The molecule has 0 amide bonds. The van der Waals surface area contributed by atoms with Crippen LogP contribution in [0.4, 0.5) is 20.5 Å². The van der Waals surface area contributed by atoms with Crippen LogP contribution in [-0.2, 0) is 6.54 Å². The van der Waals surface area contributed by atoms with E-state index in [-0.39, 0.29) is 6.54 Å². The third kappa shape index (κ3) is 3.36. The number of aromatic nitrogens is 3. The van der Waals surface area contributed by atoms with Crippen LogP contribution in [0.5, 0.6) is 0 Å². The molecule has 8 heteroatoms. The van der Waals surface area contributed by atoms with Crippen LogP contribution in [0.25, 0.3) is 0 Å². The van der Waals surface area contributed by atoms with E-state index in [0.29, 0.717) is 17.5 Å². The zero-order valence-electron chi connectivity index (χ0n) is 10.5. The number of anilines is 2. The maximum atomic E-state index is 12.3. The zero-order valence-corrected chi connectivity index (χ0v) is 10.5. The fourth-order valence-electron chi connectivity index (χ4n) is 1.36. The Morgan fingerprint density at radius 1 is 1.42 bits per heavy atom. The fraction of sp³-hybridized carbons (Fsp3) is 0.364. The first-order valence-electron chi connectivity index (χ1n) is 5.54. The molecule has 2 rings (SSSR count). The van der Waals surface area contributed by atoms with Gasteiger partial charge in [-0.1, -0.05) is 5.16 Å². The van der Waals surface area contributed by atoms with E-state index in [4.69, 9.17) is 0 Å². The summed E-state index contributed by atoms with van der Waals surface area (Å²) in [6.07, 6.45) is -1.04. The highest BCUT2D eigenvalue weighted by Gasteiger charge is 2.14.